The van der Waals surface area contributed by atoms with Crippen molar-refractivity contribution < 1.29 is 24.2 Å². The summed E-state index contributed by atoms with van der Waals surface area (Å²) in [6.45, 7) is 6.09. The molecule has 4 saturated carbocycles. The van der Waals surface area contributed by atoms with Crippen LogP contribution in [0.3, 0.4) is 0 Å². The second-order valence-electron chi connectivity index (χ2n) is 11.8. The van der Waals surface area contributed by atoms with Crippen molar-refractivity contribution in [1.82, 2.24) is 4.90 Å². The highest BCUT2D eigenvalue weighted by atomic mass is 16.6. The van der Waals surface area contributed by atoms with Crippen molar-refractivity contribution in [3.8, 4) is 0 Å². The molecule has 6 nitrogen and oxygen atoms in total. The SMILES string of the molecule is CC(C)CC(=O)OC1CCC2CC3N(CC4CC4)CCC45C(OC1C24)C(=O)CC[C@@]35O. The lowest BCUT2D eigenvalue weighted by Gasteiger charge is -2.67. The summed E-state index contributed by atoms with van der Waals surface area (Å²) in [5.41, 5.74) is -1.36. The molecule has 2 aliphatic heterocycles. The first-order chi connectivity index (χ1) is 14.8. The third-order valence-electron chi connectivity index (χ3n) is 9.64. The van der Waals surface area contributed by atoms with Gasteiger partial charge in [-0.3, -0.25) is 14.5 Å². The average Bonchev–Trinajstić information content (AvgIpc) is 3.44. The monoisotopic (exact) mass is 431 g/mol. The molecule has 31 heavy (non-hydrogen) atoms. The molecule has 1 N–H and O–H groups in total. The molecule has 0 radical (unpaired) electrons. The number of nitrogens with zero attached hydrogens (tertiary/aromatic N) is 1. The van der Waals surface area contributed by atoms with Crippen molar-refractivity contribution >= 4 is 11.8 Å². The molecule has 6 heteroatoms. The number of piperidine rings is 1. The van der Waals surface area contributed by atoms with E-state index < -0.39 is 17.1 Å². The molecule has 0 amide bonds. The number of aliphatic hydroxyl groups is 1. The van der Waals surface area contributed by atoms with Gasteiger partial charge in [0.25, 0.3) is 0 Å². The Kier molecular flexibility index (Phi) is 4.66. The minimum atomic E-state index is -0.863. The minimum Gasteiger partial charge on any atom is -0.460 e. The maximum absolute atomic E-state index is 13.1. The van der Waals surface area contributed by atoms with Crippen molar-refractivity contribution in [1.29, 1.82) is 0 Å². The maximum atomic E-state index is 13.1. The van der Waals surface area contributed by atoms with Crippen LogP contribution in [0.4, 0.5) is 0 Å². The molecule has 172 valence electrons. The summed E-state index contributed by atoms with van der Waals surface area (Å²) in [7, 11) is 0. The fraction of sp³-hybridized carbons (Fsp3) is 0.920. The molecule has 7 unspecified atom stereocenters. The van der Waals surface area contributed by atoms with E-state index in [2.05, 4.69) is 4.90 Å². The first-order valence-electron chi connectivity index (χ1n) is 12.7. The van der Waals surface area contributed by atoms with Gasteiger partial charge >= 0.3 is 5.97 Å². The van der Waals surface area contributed by atoms with Crippen molar-refractivity contribution in [2.24, 2.45) is 29.1 Å². The fourth-order valence-corrected chi connectivity index (χ4v) is 8.32. The van der Waals surface area contributed by atoms with Gasteiger partial charge in [-0.15, -0.1) is 0 Å². The number of rotatable bonds is 5. The molecule has 6 aliphatic rings. The summed E-state index contributed by atoms with van der Waals surface area (Å²) in [5, 5.41) is 12.3. The molecule has 1 spiro atoms. The number of carbonyl (C=O) groups excluding carboxylic acids is 2. The number of carbonyl (C=O) groups is 2. The van der Waals surface area contributed by atoms with E-state index in [1.54, 1.807) is 0 Å². The highest BCUT2D eigenvalue weighted by Crippen LogP contribution is 2.69. The second kappa shape index (κ2) is 7.01. The van der Waals surface area contributed by atoms with Crippen LogP contribution in [0.1, 0.15) is 71.6 Å². The third kappa shape index (κ3) is 2.86. The van der Waals surface area contributed by atoms with Crippen molar-refractivity contribution in [2.75, 3.05) is 13.1 Å². The van der Waals surface area contributed by atoms with Gasteiger partial charge < -0.3 is 14.6 Å². The van der Waals surface area contributed by atoms with Crippen LogP contribution in [0, 0.1) is 29.1 Å². The fourth-order valence-electron chi connectivity index (χ4n) is 8.32. The molecule has 0 aromatic carbocycles. The average molecular weight is 432 g/mol. The van der Waals surface area contributed by atoms with E-state index in [0.717, 1.165) is 44.7 Å². The molecule has 6 rings (SSSR count). The number of hydrogen-bond acceptors (Lipinski definition) is 6. The van der Waals surface area contributed by atoms with Crippen LogP contribution in [0.15, 0.2) is 0 Å². The van der Waals surface area contributed by atoms with Crippen LogP contribution in [-0.4, -0.2) is 64.8 Å². The summed E-state index contributed by atoms with van der Waals surface area (Å²) < 4.78 is 12.5. The number of likely N-dealkylation sites (tertiary alicyclic amines) is 1. The van der Waals surface area contributed by atoms with Crippen LogP contribution >= 0.6 is 0 Å². The van der Waals surface area contributed by atoms with E-state index in [9.17, 15) is 14.7 Å². The van der Waals surface area contributed by atoms with Gasteiger partial charge in [0.05, 0.1) is 11.7 Å². The molecule has 6 fully saturated rings. The first kappa shape index (κ1) is 20.6. The molecule has 2 heterocycles. The highest BCUT2D eigenvalue weighted by molar-refractivity contribution is 5.86. The van der Waals surface area contributed by atoms with Crippen LogP contribution in [0.2, 0.25) is 0 Å². The van der Waals surface area contributed by atoms with Gasteiger partial charge in [-0.1, -0.05) is 13.8 Å². The number of ketones is 1. The summed E-state index contributed by atoms with van der Waals surface area (Å²) in [4.78, 5) is 28.2. The van der Waals surface area contributed by atoms with E-state index >= 15 is 0 Å². The van der Waals surface area contributed by atoms with Gasteiger partial charge in [-0.2, -0.15) is 0 Å². The predicted molar refractivity (Wildman–Crippen MR) is 113 cm³/mol. The van der Waals surface area contributed by atoms with Gasteiger partial charge in [0, 0.05) is 36.8 Å². The van der Waals surface area contributed by atoms with Crippen LogP contribution in [0.5, 0.6) is 0 Å². The highest BCUT2D eigenvalue weighted by Gasteiger charge is 2.78. The number of hydrogen-bond donors (Lipinski definition) is 1. The van der Waals surface area contributed by atoms with Gasteiger partial charge in [0.1, 0.15) is 12.2 Å². The van der Waals surface area contributed by atoms with Gasteiger partial charge in [0.2, 0.25) is 0 Å². The smallest absolute Gasteiger partial charge is 0.306 e. The largest absolute Gasteiger partial charge is 0.460 e. The van der Waals surface area contributed by atoms with Crippen molar-refractivity contribution in [3.63, 3.8) is 0 Å². The zero-order valence-electron chi connectivity index (χ0n) is 18.9. The Bertz CT molecular complexity index is 780. The molecule has 0 aromatic heterocycles. The van der Waals surface area contributed by atoms with Gasteiger partial charge in [-0.25, -0.2) is 0 Å². The summed E-state index contributed by atoms with van der Waals surface area (Å²) >= 11 is 0. The Morgan fingerprint density at radius 2 is 2.06 bits per heavy atom. The predicted octanol–water partition coefficient (Wildman–Crippen LogP) is 2.71. The summed E-state index contributed by atoms with van der Waals surface area (Å²) in [6, 6.07) is 0.140. The quantitative estimate of drug-likeness (QED) is 0.675. The van der Waals surface area contributed by atoms with Crippen LogP contribution in [-0.2, 0) is 19.1 Å². The molecule has 8 atom stereocenters. The Labute approximate surface area is 185 Å². The van der Waals surface area contributed by atoms with Gasteiger partial charge in [-0.05, 0) is 69.2 Å². The van der Waals surface area contributed by atoms with E-state index in [4.69, 9.17) is 9.47 Å². The first-order valence-corrected chi connectivity index (χ1v) is 12.7. The normalized spacial score (nSPS) is 48.6. The maximum Gasteiger partial charge on any atom is 0.306 e. The Hall–Kier alpha value is -0.980. The lowest BCUT2D eigenvalue weighted by molar-refractivity contribution is -0.251. The van der Waals surface area contributed by atoms with Gasteiger partial charge in [0.15, 0.2) is 5.78 Å². The topological polar surface area (TPSA) is 76.1 Å². The molecule has 2 saturated heterocycles. The number of Topliss-reactive ketones (excluding diaryl/α,β-unsaturated/α-hetero) is 1. The van der Waals surface area contributed by atoms with Crippen molar-refractivity contribution in [3.05, 3.63) is 0 Å². The second-order valence-corrected chi connectivity index (χ2v) is 11.8. The van der Waals surface area contributed by atoms with E-state index in [0.29, 0.717) is 25.2 Å². The Balaban J connectivity index is 1.34. The summed E-state index contributed by atoms with van der Waals surface area (Å²) in [6.07, 6.45) is 6.56. The van der Waals surface area contributed by atoms with E-state index in [1.807, 2.05) is 13.8 Å². The lowest BCUT2D eigenvalue weighted by atomic mass is 9.42. The molecule has 4 aliphatic carbocycles. The standard InChI is InChI=1S/C25H37NO5/c1-14(2)11-20(28)30-18-6-5-16-12-19-25(29)8-7-17(27)23-24(25,21(16)22(18)31-23)9-10-26(19)13-15-3-4-15/h14-16,18-19,21-23,29H,3-13H2,1-2H3/t16?,18?,19?,21?,22?,23?,24?,25-/m1/s1. The van der Waals surface area contributed by atoms with E-state index in [1.165, 1.54) is 12.8 Å². The number of ether oxygens (including phenoxy) is 2. The van der Waals surface area contributed by atoms with Crippen LogP contribution < -0.4 is 0 Å². The van der Waals surface area contributed by atoms with Crippen molar-refractivity contribution in [2.45, 2.75) is 102 Å². The number of esters is 1. The minimum absolute atomic E-state index is 0.122. The Morgan fingerprint density at radius 1 is 1.26 bits per heavy atom. The summed E-state index contributed by atoms with van der Waals surface area (Å²) in [5.74, 6) is 1.60. The molecular weight excluding hydrogens is 394 g/mol. The molecule has 0 aromatic rings. The lowest BCUT2D eigenvalue weighted by Crippen LogP contribution is -2.77. The molecule has 2 bridgehead atoms. The van der Waals surface area contributed by atoms with Crippen LogP contribution in [0.25, 0.3) is 0 Å². The Morgan fingerprint density at radius 3 is 2.81 bits per heavy atom. The van der Waals surface area contributed by atoms with E-state index in [-0.39, 0.29) is 41.8 Å². The zero-order chi connectivity index (χ0) is 21.5. The molecular formula is C25H37NO5. The zero-order valence-corrected chi connectivity index (χ0v) is 18.9. The third-order valence-corrected chi connectivity index (χ3v) is 9.64.